The van der Waals surface area contributed by atoms with E-state index in [0.717, 1.165) is 19.1 Å². The van der Waals surface area contributed by atoms with Crippen molar-refractivity contribution < 1.29 is 4.74 Å². The highest BCUT2D eigenvalue weighted by molar-refractivity contribution is 4.98. The fourth-order valence-corrected chi connectivity index (χ4v) is 1.06. The Balaban J connectivity index is 1.91. The summed E-state index contributed by atoms with van der Waals surface area (Å²) in [4.78, 5) is 3.94. The Morgan fingerprint density at radius 2 is 2.64 bits per heavy atom. The monoisotopic (exact) mass is 149 g/mol. The zero-order chi connectivity index (χ0) is 7.52. The lowest BCUT2D eigenvalue weighted by molar-refractivity contribution is 0.254. The molecular weight excluding hydrogens is 140 g/mol. The summed E-state index contributed by atoms with van der Waals surface area (Å²) in [7, 11) is 0. The van der Waals surface area contributed by atoms with Gasteiger partial charge in [0.25, 0.3) is 0 Å². The van der Waals surface area contributed by atoms with Gasteiger partial charge in [0.15, 0.2) is 6.10 Å². The minimum atomic E-state index is 0.812. The van der Waals surface area contributed by atoms with Crippen molar-refractivity contribution in [2.75, 3.05) is 0 Å². The molecule has 0 saturated carbocycles. The molecule has 0 aromatic carbocycles. The summed E-state index contributed by atoms with van der Waals surface area (Å²) in [6.45, 7) is 0.812. The third kappa shape index (κ3) is 1.42. The highest BCUT2D eigenvalue weighted by atomic mass is 16.5. The maximum atomic E-state index is 5.21. The molecule has 57 valence electrons. The molecule has 0 unspecified atom stereocenters. The molecule has 1 radical (unpaired) electrons. The van der Waals surface area contributed by atoms with Crippen LogP contribution in [-0.2, 0) is 11.3 Å². The van der Waals surface area contributed by atoms with Gasteiger partial charge in [-0.2, -0.15) is 0 Å². The molecule has 0 saturated heterocycles. The van der Waals surface area contributed by atoms with E-state index in [2.05, 4.69) is 4.98 Å². The number of ether oxygens (including phenoxy) is 1. The van der Waals surface area contributed by atoms with Crippen LogP contribution in [0, 0.1) is 6.10 Å². The van der Waals surface area contributed by atoms with E-state index in [1.807, 2.05) is 16.8 Å². The lowest BCUT2D eigenvalue weighted by Crippen LogP contribution is -2.04. The third-order valence-electron chi connectivity index (χ3n) is 1.59. The Kier molecular flexibility index (Phi) is 1.63. The Morgan fingerprint density at radius 1 is 1.64 bits per heavy atom. The molecule has 0 N–H and O–H groups in total. The number of hydrogen-bond acceptors (Lipinski definition) is 2. The van der Waals surface area contributed by atoms with E-state index in [1.54, 1.807) is 18.8 Å². The summed E-state index contributed by atoms with van der Waals surface area (Å²) < 4.78 is 7.20. The molecule has 2 heterocycles. The van der Waals surface area contributed by atoms with Crippen LogP contribution in [0.5, 0.6) is 0 Å². The summed E-state index contributed by atoms with van der Waals surface area (Å²) in [6.07, 6.45) is 11.2. The zero-order valence-electron chi connectivity index (χ0n) is 6.10. The summed E-state index contributed by atoms with van der Waals surface area (Å²) in [5, 5.41) is 0. The molecule has 0 amide bonds. The molecular formula is C8H9N2O. The molecule has 0 spiro atoms. The Morgan fingerprint density at radius 3 is 3.27 bits per heavy atom. The Bertz CT molecular complexity index is 233. The molecule has 0 aliphatic carbocycles. The van der Waals surface area contributed by atoms with E-state index < -0.39 is 0 Å². The summed E-state index contributed by atoms with van der Waals surface area (Å²) in [5.74, 6) is 0. The van der Waals surface area contributed by atoms with Gasteiger partial charge in [0, 0.05) is 18.8 Å². The van der Waals surface area contributed by atoms with Crippen molar-refractivity contribution >= 4 is 0 Å². The van der Waals surface area contributed by atoms with Crippen LogP contribution in [0.1, 0.15) is 6.42 Å². The molecule has 1 aliphatic heterocycles. The summed E-state index contributed by atoms with van der Waals surface area (Å²) >= 11 is 0. The highest BCUT2D eigenvalue weighted by Gasteiger charge is 2.12. The van der Waals surface area contributed by atoms with Gasteiger partial charge >= 0.3 is 0 Å². The molecule has 3 nitrogen and oxygen atoms in total. The normalized spacial score (nSPS) is 17.1. The molecule has 1 aliphatic rings. The van der Waals surface area contributed by atoms with E-state index in [0.29, 0.717) is 0 Å². The van der Waals surface area contributed by atoms with Gasteiger partial charge < -0.3 is 9.30 Å². The molecule has 11 heavy (non-hydrogen) atoms. The molecule has 1 aromatic heterocycles. The van der Waals surface area contributed by atoms with Crippen LogP contribution in [0.3, 0.4) is 0 Å². The van der Waals surface area contributed by atoms with Gasteiger partial charge in [0.1, 0.15) is 0 Å². The van der Waals surface area contributed by atoms with E-state index in [9.17, 15) is 0 Å². The Hall–Kier alpha value is -1.25. The van der Waals surface area contributed by atoms with Crippen LogP contribution in [0.2, 0.25) is 0 Å². The minimum absolute atomic E-state index is 0.812. The van der Waals surface area contributed by atoms with Crippen molar-refractivity contribution in [3.05, 3.63) is 37.2 Å². The van der Waals surface area contributed by atoms with Crippen LogP contribution in [0.15, 0.2) is 31.1 Å². The van der Waals surface area contributed by atoms with Gasteiger partial charge in [-0.05, 0) is 6.08 Å². The predicted molar refractivity (Wildman–Crippen MR) is 40.3 cm³/mol. The van der Waals surface area contributed by atoms with Crippen LogP contribution >= 0.6 is 0 Å². The van der Waals surface area contributed by atoms with Crippen LogP contribution < -0.4 is 0 Å². The number of imidazole rings is 1. The third-order valence-corrected chi connectivity index (χ3v) is 1.59. The van der Waals surface area contributed by atoms with Crippen molar-refractivity contribution in [2.24, 2.45) is 0 Å². The second-order valence-electron chi connectivity index (χ2n) is 2.47. The van der Waals surface area contributed by atoms with Crippen LogP contribution in [0.4, 0.5) is 0 Å². The molecule has 3 heteroatoms. The van der Waals surface area contributed by atoms with E-state index in [4.69, 9.17) is 4.74 Å². The largest absolute Gasteiger partial charge is 0.489 e. The van der Waals surface area contributed by atoms with Crippen molar-refractivity contribution in [1.29, 1.82) is 0 Å². The van der Waals surface area contributed by atoms with Crippen molar-refractivity contribution in [3.63, 3.8) is 0 Å². The number of rotatable bonds is 2. The van der Waals surface area contributed by atoms with Gasteiger partial charge in [-0.25, -0.2) is 4.98 Å². The first kappa shape index (κ1) is 6.46. The summed E-state index contributed by atoms with van der Waals surface area (Å²) in [6, 6.07) is 0. The number of aromatic nitrogens is 2. The van der Waals surface area contributed by atoms with E-state index in [-0.39, 0.29) is 0 Å². The molecule has 1 aromatic rings. The van der Waals surface area contributed by atoms with E-state index >= 15 is 0 Å². The first-order valence-corrected chi connectivity index (χ1v) is 3.57. The second-order valence-corrected chi connectivity index (χ2v) is 2.47. The first-order valence-electron chi connectivity index (χ1n) is 3.57. The fraction of sp³-hybridized carbons (Fsp3) is 0.250. The predicted octanol–water partition coefficient (Wildman–Crippen LogP) is 1.35. The summed E-state index contributed by atoms with van der Waals surface area (Å²) in [5.41, 5.74) is 0. The molecule has 0 fully saturated rings. The molecule has 0 atom stereocenters. The Labute approximate surface area is 65.3 Å². The topological polar surface area (TPSA) is 27.1 Å². The first-order chi connectivity index (χ1) is 5.45. The average molecular weight is 149 g/mol. The standard InChI is InChI=1S/C8H9N2O/c1-2-8(11-5-1)6-10-4-3-9-7-10/h1,3-5,7H,2,6H2. The lowest BCUT2D eigenvalue weighted by atomic mass is 10.3. The van der Waals surface area contributed by atoms with Crippen LogP contribution in [0.25, 0.3) is 0 Å². The van der Waals surface area contributed by atoms with Gasteiger partial charge in [0.05, 0.1) is 19.1 Å². The van der Waals surface area contributed by atoms with Crippen molar-refractivity contribution in [2.45, 2.75) is 13.0 Å². The minimum Gasteiger partial charge on any atom is -0.489 e. The van der Waals surface area contributed by atoms with Gasteiger partial charge in [-0.1, -0.05) is 0 Å². The van der Waals surface area contributed by atoms with Crippen molar-refractivity contribution in [1.82, 2.24) is 9.55 Å². The average Bonchev–Trinajstić information content (AvgIpc) is 2.60. The quantitative estimate of drug-likeness (QED) is 0.634. The zero-order valence-corrected chi connectivity index (χ0v) is 6.10. The maximum Gasteiger partial charge on any atom is 0.171 e. The number of nitrogens with zero attached hydrogens (tertiary/aromatic N) is 2. The fourth-order valence-electron chi connectivity index (χ4n) is 1.06. The van der Waals surface area contributed by atoms with Gasteiger partial charge in [0.2, 0.25) is 0 Å². The number of hydrogen-bond donors (Lipinski definition) is 0. The molecule has 0 bridgehead atoms. The smallest absolute Gasteiger partial charge is 0.171 e. The molecule has 2 rings (SSSR count). The maximum absolute atomic E-state index is 5.21. The van der Waals surface area contributed by atoms with Crippen molar-refractivity contribution in [3.8, 4) is 0 Å². The highest BCUT2D eigenvalue weighted by Crippen LogP contribution is 2.18. The van der Waals surface area contributed by atoms with Gasteiger partial charge in [-0.3, -0.25) is 0 Å². The second kappa shape index (κ2) is 2.78. The SMILES string of the molecule is C1=CO[C](Cn2ccnc2)C1. The van der Waals surface area contributed by atoms with Gasteiger partial charge in [-0.15, -0.1) is 0 Å². The lowest BCUT2D eigenvalue weighted by Gasteiger charge is -2.07. The van der Waals surface area contributed by atoms with E-state index in [1.165, 1.54) is 0 Å². The van der Waals surface area contributed by atoms with Crippen LogP contribution in [-0.4, -0.2) is 9.55 Å².